The highest BCUT2D eigenvalue weighted by atomic mass is 14.9. The summed E-state index contributed by atoms with van der Waals surface area (Å²) < 4.78 is 0. The molecule has 0 fully saturated rings. The predicted molar refractivity (Wildman–Crippen MR) is 71.8 cm³/mol. The number of nitrogens with one attached hydrogen (secondary N) is 1. The fourth-order valence-electron chi connectivity index (χ4n) is 1.69. The highest BCUT2D eigenvalue weighted by molar-refractivity contribution is 5.23. The molecule has 0 spiro atoms. The van der Waals surface area contributed by atoms with E-state index in [4.69, 9.17) is 0 Å². The van der Waals surface area contributed by atoms with Gasteiger partial charge in [0.2, 0.25) is 0 Å². The molecule has 0 amide bonds. The van der Waals surface area contributed by atoms with Gasteiger partial charge in [0, 0.05) is 12.0 Å². The van der Waals surface area contributed by atoms with Crippen LogP contribution in [0.15, 0.2) is 42.5 Å². The Hall–Kier alpha value is -1.08. The van der Waals surface area contributed by atoms with Crippen molar-refractivity contribution in [1.29, 1.82) is 0 Å². The third-order valence-electron chi connectivity index (χ3n) is 2.85. The molecule has 0 aliphatic rings. The molecule has 0 radical (unpaired) electrons. The SMILES string of the molecule is C=C(C)CCNCC(C)(C)c1ccccc1. The summed E-state index contributed by atoms with van der Waals surface area (Å²) in [5.74, 6) is 0. The Morgan fingerprint density at radius 3 is 2.44 bits per heavy atom. The van der Waals surface area contributed by atoms with E-state index in [-0.39, 0.29) is 5.41 Å². The van der Waals surface area contributed by atoms with E-state index in [2.05, 4.69) is 63.0 Å². The van der Waals surface area contributed by atoms with Crippen LogP contribution in [0.1, 0.15) is 32.8 Å². The summed E-state index contributed by atoms with van der Waals surface area (Å²) in [5.41, 5.74) is 2.82. The van der Waals surface area contributed by atoms with Gasteiger partial charge >= 0.3 is 0 Å². The van der Waals surface area contributed by atoms with E-state index in [1.807, 2.05) is 0 Å². The first-order valence-corrected chi connectivity index (χ1v) is 5.93. The van der Waals surface area contributed by atoms with E-state index in [0.29, 0.717) is 0 Å². The molecule has 0 aromatic heterocycles. The number of hydrogen-bond donors (Lipinski definition) is 1. The van der Waals surface area contributed by atoms with Crippen molar-refractivity contribution in [3.05, 3.63) is 48.0 Å². The van der Waals surface area contributed by atoms with Gasteiger partial charge < -0.3 is 5.32 Å². The van der Waals surface area contributed by atoms with Crippen LogP contribution in [0.2, 0.25) is 0 Å². The second kappa shape index (κ2) is 5.86. The van der Waals surface area contributed by atoms with Crippen LogP contribution in [-0.4, -0.2) is 13.1 Å². The molecule has 0 bridgehead atoms. The van der Waals surface area contributed by atoms with Crippen LogP contribution in [0.4, 0.5) is 0 Å². The Morgan fingerprint density at radius 1 is 1.25 bits per heavy atom. The lowest BCUT2D eigenvalue weighted by atomic mass is 9.84. The van der Waals surface area contributed by atoms with Crippen molar-refractivity contribution < 1.29 is 0 Å². The molecule has 1 nitrogen and oxygen atoms in total. The Morgan fingerprint density at radius 2 is 1.88 bits per heavy atom. The largest absolute Gasteiger partial charge is 0.316 e. The van der Waals surface area contributed by atoms with E-state index in [9.17, 15) is 0 Å². The minimum absolute atomic E-state index is 0.191. The lowest BCUT2D eigenvalue weighted by Crippen LogP contribution is -2.33. The van der Waals surface area contributed by atoms with Crippen LogP contribution in [0, 0.1) is 0 Å². The van der Waals surface area contributed by atoms with Crippen LogP contribution in [0.3, 0.4) is 0 Å². The first-order chi connectivity index (χ1) is 7.52. The molecule has 0 saturated carbocycles. The first-order valence-electron chi connectivity index (χ1n) is 5.93. The number of hydrogen-bond acceptors (Lipinski definition) is 1. The lowest BCUT2D eigenvalue weighted by Gasteiger charge is -2.25. The molecule has 1 rings (SSSR count). The minimum atomic E-state index is 0.191. The van der Waals surface area contributed by atoms with E-state index in [0.717, 1.165) is 19.5 Å². The van der Waals surface area contributed by atoms with Crippen LogP contribution >= 0.6 is 0 Å². The van der Waals surface area contributed by atoms with Crippen molar-refractivity contribution in [2.75, 3.05) is 13.1 Å². The average Bonchev–Trinajstić information content (AvgIpc) is 2.26. The Kier molecular flexibility index (Phi) is 4.75. The molecule has 1 aromatic carbocycles. The second-order valence-corrected chi connectivity index (χ2v) is 5.13. The van der Waals surface area contributed by atoms with Crippen molar-refractivity contribution >= 4 is 0 Å². The summed E-state index contributed by atoms with van der Waals surface area (Å²) in [6, 6.07) is 10.7. The normalized spacial score (nSPS) is 11.4. The van der Waals surface area contributed by atoms with Gasteiger partial charge in [0.15, 0.2) is 0 Å². The van der Waals surface area contributed by atoms with Crippen molar-refractivity contribution in [3.63, 3.8) is 0 Å². The molecule has 16 heavy (non-hydrogen) atoms. The van der Waals surface area contributed by atoms with Gasteiger partial charge in [-0.3, -0.25) is 0 Å². The molecule has 0 saturated heterocycles. The maximum atomic E-state index is 3.91. The summed E-state index contributed by atoms with van der Waals surface area (Å²) in [5, 5.41) is 3.49. The van der Waals surface area contributed by atoms with Gasteiger partial charge in [0.1, 0.15) is 0 Å². The predicted octanol–water partition coefficient (Wildman–Crippen LogP) is 3.52. The zero-order chi connectivity index (χ0) is 12.0. The molecular weight excluding hydrogens is 194 g/mol. The van der Waals surface area contributed by atoms with E-state index < -0.39 is 0 Å². The third-order valence-corrected chi connectivity index (χ3v) is 2.85. The number of rotatable bonds is 6. The van der Waals surface area contributed by atoms with E-state index in [1.165, 1.54) is 11.1 Å². The maximum absolute atomic E-state index is 3.91. The van der Waals surface area contributed by atoms with Gasteiger partial charge in [-0.1, -0.05) is 49.8 Å². The van der Waals surface area contributed by atoms with Crippen molar-refractivity contribution in [2.45, 2.75) is 32.6 Å². The molecule has 0 aliphatic heterocycles. The monoisotopic (exact) mass is 217 g/mol. The van der Waals surface area contributed by atoms with Gasteiger partial charge in [-0.25, -0.2) is 0 Å². The van der Waals surface area contributed by atoms with E-state index >= 15 is 0 Å². The number of benzene rings is 1. The second-order valence-electron chi connectivity index (χ2n) is 5.13. The summed E-state index contributed by atoms with van der Waals surface area (Å²) in [6.07, 6.45) is 1.06. The quantitative estimate of drug-likeness (QED) is 0.568. The van der Waals surface area contributed by atoms with Crippen molar-refractivity contribution in [1.82, 2.24) is 5.32 Å². The summed E-state index contributed by atoms with van der Waals surface area (Å²) in [4.78, 5) is 0. The van der Waals surface area contributed by atoms with Crippen LogP contribution in [0.5, 0.6) is 0 Å². The lowest BCUT2D eigenvalue weighted by molar-refractivity contribution is 0.471. The topological polar surface area (TPSA) is 12.0 Å². The summed E-state index contributed by atoms with van der Waals surface area (Å²) in [7, 11) is 0. The Balaban J connectivity index is 2.43. The molecule has 1 heteroatoms. The zero-order valence-corrected chi connectivity index (χ0v) is 10.7. The Bertz CT molecular complexity index is 325. The van der Waals surface area contributed by atoms with Gasteiger partial charge in [-0.2, -0.15) is 0 Å². The standard InChI is InChI=1S/C15H23N/c1-13(2)10-11-16-12-15(3,4)14-8-6-5-7-9-14/h5-9,16H,1,10-12H2,2-4H3. The fourth-order valence-corrected chi connectivity index (χ4v) is 1.69. The molecule has 88 valence electrons. The minimum Gasteiger partial charge on any atom is -0.316 e. The molecule has 1 N–H and O–H groups in total. The molecular formula is C15H23N. The molecule has 0 unspecified atom stereocenters. The van der Waals surface area contributed by atoms with Gasteiger partial charge in [-0.05, 0) is 25.5 Å². The molecule has 0 heterocycles. The molecule has 0 aliphatic carbocycles. The Labute approximate surface area is 99.6 Å². The van der Waals surface area contributed by atoms with Crippen molar-refractivity contribution in [3.8, 4) is 0 Å². The van der Waals surface area contributed by atoms with Crippen LogP contribution in [-0.2, 0) is 5.41 Å². The highest BCUT2D eigenvalue weighted by Gasteiger charge is 2.19. The molecule has 0 atom stereocenters. The van der Waals surface area contributed by atoms with Crippen LogP contribution < -0.4 is 5.32 Å². The third kappa shape index (κ3) is 4.19. The highest BCUT2D eigenvalue weighted by Crippen LogP contribution is 2.21. The fraction of sp³-hybridized carbons (Fsp3) is 0.467. The van der Waals surface area contributed by atoms with E-state index in [1.54, 1.807) is 0 Å². The summed E-state index contributed by atoms with van der Waals surface area (Å²) >= 11 is 0. The smallest absolute Gasteiger partial charge is 0.00433 e. The average molecular weight is 217 g/mol. The summed E-state index contributed by atoms with van der Waals surface area (Å²) in [6.45, 7) is 12.6. The van der Waals surface area contributed by atoms with Gasteiger partial charge in [-0.15, -0.1) is 6.58 Å². The van der Waals surface area contributed by atoms with Gasteiger partial charge in [0.05, 0.1) is 0 Å². The van der Waals surface area contributed by atoms with Crippen LogP contribution in [0.25, 0.3) is 0 Å². The molecule has 1 aromatic rings. The zero-order valence-electron chi connectivity index (χ0n) is 10.7. The maximum Gasteiger partial charge on any atom is 0.00433 e. The van der Waals surface area contributed by atoms with Gasteiger partial charge in [0.25, 0.3) is 0 Å². The van der Waals surface area contributed by atoms with Crippen molar-refractivity contribution in [2.24, 2.45) is 0 Å². The first kappa shape index (κ1) is 13.0.